The Labute approximate surface area is 159 Å². The molecule has 2 aromatic carbocycles. The zero-order chi connectivity index (χ0) is 17.6. The number of hydrogen-bond donors (Lipinski definition) is 0. The Morgan fingerprint density at radius 1 is 0.880 bits per heavy atom. The summed E-state index contributed by atoms with van der Waals surface area (Å²) in [6.45, 7) is 1.79. The Kier molecular flexibility index (Phi) is 4.12. The average molecular weight is 390 g/mol. The summed E-state index contributed by atoms with van der Waals surface area (Å²) in [4.78, 5) is 8.72. The lowest BCUT2D eigenvalue weighted by molar-refractivity contribution is 0.873. The molecule has 4 nitrogen and oxygen atoms in total. The van der Waals surface area contributed by atoms with Gasteiger partial charge in [-0.1, -0.05) is 53.5 Å². The first-order valence-electron chi connectivity index (χ1n) is 7.48. The average Bonchev–Trinajstić information content (AvgIpc) is 2.95. The first kappa shape index (κ1) is 16.3. The topological polar surface area (TPSA) is 43.1 Å². The van der Waals surface area contributed by atoms with Gasteiger partial charge in [0.2, 0.25) is 5.28 Å². The number of nitrogens with zero attached hydrogens (tertiary/aromatic N) is 4. The van der Waals surface area contributed by atoms with Crippen LogP contribution >= 0.6 is 34.8 Å². The van der Waals surface area contributed by atoms with Crippen LogP contribution in [0.4, 0.5) is 0 Å². The fourth-order valence-electron chi connectivity index (χ4n) is 2.72. The second kappa shape index (κ2) is 6.30. The van der Waals surface area contributed by atoms with Gasteiger partial charge in [0, 0.05) is 10.6 Å². The predicted octanol–water partition coefficient (Wildman–Crippen LogP) is 5.73. The third-order valence-corrected chi connectivity index (χ3v) is 4.65. The van der Waals surface area contributed by atoms with Crippen LogP contribution in [-0.4, -0.2) is 19.6 Å². The predicted molar refractivity (Wildman–Crippen MR) is 101 cm³/mol. The highest BCUT2D eigenvalue weighted by molar-refractivity contribution is 6.33. The van der Waals surface area contributed by atoms with E-state index in [0.717, 1.165) is 16.7 Å². The first-order chi connectivity index (χ1) is 12.0. The lowest BCUT2D eigenvalue weighted by Crippen LogP contribution is -1.98. The summed E-state index contributed by atoms with van der Waals surface area (Å²) in [7, 11) is 0. The molecule has 4 rings (SSSR count). The van der Waals surface area contributed by atoms with Crippen molar-refractivity contribution >= 4 is 40.4 Å². The molecule has 0 aliphatic carbocycles. The van der Waals surface area contributed by atoms with Gasteiger partial charge in [-0.3, -0.25) is 0 Å². The van der Waals surface area contributed by atoms with Crippen molar-refractivity contribution < 1.29 is 0 Å². The van der Waals surface area contributed by atoms with Crippen LogP contribution in [0, 0.1) is 6.92 Å². The third kappa shape index (κ3) is 2.86. The molecule has 0 aliphatic heterocycles. The Morgan fingerprint density at radius 2 is 1.60 bits per heavy atom. The minimum absolute atomic E-state index is 0.246. The number of fused-ring (bicyclic) bond motifs is 1. The molecule has 7 heteroatoms. The molecule has 4 aromatic rings. The number of hydrogen-bond acceptors (Lipinski definition) is 3. The summed E-state index contributed by atoms with van der Waals surface area (Å²) in [5.41, 5.74) is 3.86. The highest BCUT2D eigenvalue weighted by atomic mass is 35.5. The van der Waals surface area contributed by atoms with E-state index in [9.17, 15) is 0 Å². The van der Waals surface area contributed by atoms with Gasteiger partial charge in [-0.2, -0.15) is 9.61 Å². The number of aryl methyl sites for hydroxylation is 1. The van der Waals surface area contributed by atoms with Crippen molar-refractivity contribution in [1.29, 1.82) is 0 Å². The summed E-state index contributed by atoms with van der Waals surface area (Å²) in [6, 6.07) is 15.0. The van der Waals surface area contributed by atoms with E-state index in [1.54, 1.807) is 6.92 Å². The largest absolute Gasteiger partial charge is 0.227 e. The van der Waals surface area contributed by atoms with Crippen molar-refractivity contribution in [2.75, 3.05) is 0 Å². The first-order valence-corrected chi connectivity index (χ1v) is 8.61. The summed E-state index contributed by atoms with van der Waals surface area (Å²) in [6.07, 6.45) is 0. The molecule has 124 valence electrons. The number of halogens is 3. The Balaban J connectivity index is 2.12. The van der Waals surface area contributed by atoms with Crippen LogP contribution in [0.3, 0.4) is 0 Å². The van der Waals surface area contributed by atoms with Gasteiger partial charge in [0.15, 0.2) is 5.65 Å². The van der Waals surface area contributed by atoms with Crippen LogP contribution < -0.4 is 0 Å². The normalized spacial score (nSPS) is 11.2. The maximum atomic E-state index is 6.40. The SMILES string of the molecule is Cc1nc(Cl)n2nc(-c3ccccc3Cl)c(-c3ccc(Cl)cc3)c2n1. The summed E-state index contributed by atoms with van der Waals surface area (Å²) < 4.78 is 1.52. The Hall–Kier alpha value is -2.14. The second-order valence-electron chi connectivity index (χ2n) is 5.49. The van der Waals surface area contributed by atoms with E-state index in [1.165, 1.54) is 4.52 Å². The molecule has 0 saturated heterocycles. The third-order valence-electron chi connectivity index (χ3n) is 3.82. The van der Waals surface area contributed by atoms with E-state index >= 15 is 0 Å². The molecule has 0 aliphatic rings. The molecule has 2 heterocycles. The number of benzene rings is 2. The highest BCUT2D eigenvalue weighted by Gasteiger charge is 2.21. The lowest BCUT2D eigenvalue weighted by Gasteiger charge is -2.05. The van der Waals surface area contributed by atoms with Crippen LogP contribution in [0.1, 0.15) is 5.82 Å². The van der Waals surface area contributed by atoms with Crippen molar-refractivity contribution in [3.63, 3.8) is 0 Å². The molecule has 0 atom stereocenters. The molecular formula is C18H11Cl3N4. The van der Waals surface area contributed by atoms with E-state index in [4.69, 9.17) is 34.8 Å². The van der Waals surface area contributed by atoms with Gasteiger partial charge in [-0.05, 0) is 42.3 Å². The minimum atomic E-state index is 0.246. The molecule has 2 aromatic heterocycles. The monoisotopic (exact) mass is 388 g/mol. The van der Waals surface area contributed by atoms with E-state index in [2.05, 4.69) is 15.1 Å². The quantitative estimate of drug-likeness (QED) is 0.440. The summed E-state index contributed by atoms with van der Waals surface area (Å²) in [5.74, 6) is 0.568. The van der Waals surface area contributed by atoms with Crippen LogP contribution in [0.5, 0.6) is 0 Å². The van der Waals surface area contributed by atoms with Crippen molar-refractivity contribution in [3.8, 4) is 22.4 Å². The van der Waals surface area contributed by atoms with Gasteiger partial charge < -0.3 is 0 Å². The Bertz CT molecular complexity index is 1090. The van der Waals surface area contributed by atoms with Gasteiger partial charge in [-0.15, -0.1) is 0 Å². The van der Waals surface area contributed by atoms with Crippen molar-refractivity contribution in [3.05, 3.63) is 69.7 Å². The molecule has 0 fully saturated rings. The van der Waals surface area contributed by atoms with Crippen molar-refractivity contribution in [2.24, 2.45) is 0 Å². The fraction of sp³-hybridized carbons (Fsp3) is 0.0556. The van der Waals surface area contributed by atoms with E-state index in [0.29, 0.717) is 27.2 Å². The minimum Gasteiger partial charge on any atom is -0.213 e. The van der Waals surface area contributed by atoms with Crippen LogP contribution in [0.15, 0.2) is 48.5 Å². The molecule has 0 spiro atoms. The molecule has 0 N–H and O–H groups in total. The molecule has 0 unspecified atom stereocenters. The highest BCUT2D eigenvalue weighted by Crippen LogP contribution is 2.38. The van der Waals surface area contributed by atoms with Crippen LogP contribution in [0.25, 0.3) is 28.0 Å². The summed E-state index contributed by atoms with van der Waals surface area (Å²) in [5, 5.41) is 6.13. The van der Waals surface area contributed by atoms with E-state index < -0.39 is 0 Å². The molecule has 0 bridgehead atoms. The van der Waals surface area contributed by atoms with Gasteiger partial charge in [0.1, 0.15) is 11.5 Å². The molecular weight excluding hydrogens is 379 g/mol. The second-order valence-corrected chi connectivity index (χ2v) is 6.67. The summed E-state index contributed by atoms with van der Waals surface area (Å²) >= 11 is 18.7. The number of aromatic nitrogens is 4. The van der Waals surface area contributed by atoms with Crippen LogP contribution in [0.2, 0.25) is 15.3 Å². The van der Waals surface area contributed by atoms with E-state index in [-0.39, 0.29) is 5.28 Å². The maximum absolute atomic E-state index is 6.40. The molecule has 0 saturated carbocycles. The Morgan fingerprint density at radius 3 is 2.32 bits per heavy atom. The smallest absolute Gasteiger partial charge is 0.213 e. The van der Waals surface area contributed by atoms with Crippen molar-refractivity contribution in [1.82, 2.24) is 19.6 Å². The molecule has 0 amide bonds. The number of rotatable bonds is 2. The van der Waals surface area contributed by atoms with Gasteiger partial charge in [0.25, 0.3) is 0 Å². The maximum Gasteiger partial charge on any atom is 0.227 e. The fourth-order valence-corrected chi connectivity index (χ4v) is 3.32. The van der Waals surface area contributed by atoms with E-state index in [1.807, 2.05) is 48.5 Å². The lowest BCUT2D eigenvalue weighted by atomic mass is 10.0. The zero-order valence-electron chi connectivity index (χ0n) is 13.0. The standard InChI is InChI=1S/C18H11Cl3N4/c1-10-22-17-15(11-6-8-12(19)9-7-11)16(24-25(17)18(21)23-10)13-4-2-3-5-14(13)20/h2-9H,1H3. The molecule has 0 radical (unpaired) electrons. The van der Waals surface area contributed by atoms with Crippen LogP contribution in [-0.2, 0) is 0 Å². The van der Waals surface area contributed by atoms with Gasteiger partial charge in [-0.25, -0.2) is 9.97 Å². The zero-order valence-corrected chi connectivity index (χ0v) is 15.3. The van der Waals surface area contributed by atoms with Gasteiger partial charge in [0.05, 0.1) is 10.6 Å². The molecule has 25 heavy (non-hydrogen) atoms. The van der Waals surface area contributed by atoms with Crippen molar-refractivity contribution in [2.45, 2.75) is 6.92 Å². The van der Waals surface area contributed by atoms with Gasteiger partial charge >= 0.3 is 0 Å².